The third-order valence-corrected chi connectivity index (χ3v) is 8.48. The van der Waals surface area contributed by atoms with E-state index in [1.165, 1.54) is 11.1 Å². The molecule has 0 bridgehead atoms. The summed E-state index contributed by atoms with van der Waals surface area (Å²) in [5.41, 5.74) is 5.62. The molecule has 3 aromatic rings. The molecule has 0 fully saturated rings. The number of hydrogen-bond acceptors (Lipinski definition) is 6. The number of amides is 1. The Hall–Kier alpha value is -3.06. The van der Waals surface area contributed by atoms with Crippen LogP contribution in [-0.2, 0) is 20.9 Å². The molecule has 8 heteroatoms. The fourth-order valence-electron chi connectivity index (χ4n) is 5.01. The first-order chi connectivity index (χ1) is 19.9. The van der Waals surface area contributed by atoms with E-state index in [0.717, 1.165) is 22.4 Å². The summed E-state index contributed by atoms with van der Waals surface area (Å²) >= 11 is 4.66. The van der Waals surface area contributed by atoms with Crippen molar-refractivity contribution in [2.45, 2.75) is 51.3 Å². The second-order valence-corrected chi connectivity index (χ2v) is 12.4. The molecule has 2 atom stereocenters. The average molecular weight is 637 g/mol. The van der Waals surface area contributed by atoms with Gasteiger partial charge < -0.3 is 0 Å². The van der Waals surface area contributed by atoms with Gasteiger partial charge in [0.1, 0.15) is 0 Å². The molecular weight excluding hydrogens is 599 g/mol. The van der Waals surface area contributed by atoms with Crippen molar-refractivity contribution in [3.8, 4) is 11.1 Å². The van der Waals surface area contributed by atoms with Crippen molar-refractivity contribution in [2.24, 2.45) is 10.9 Å². The summed E-state index contributed by atoms with van der Waals surface area (Å²) in [6, 6.07) is 25.0. The van der Waals surface area contributed by atoms with E-state index >= 15 is 0 Å². The van der Waals surface area contributed by atoms with Crippen molar-refractivity contribution in [3.63, 3.8) is 0 Å². The van der Waals surface area contributed by atoms with Gasteiger partial charge in [0.05, 0.1) is 0 Å². The molecule has 0 aliphatic heterocycles. The predicted octanol–water partition coefficient (Wildman–Crippen LogP) is 6.37. The number of ether oxygens (including phenoxy) is 2. The first-order valence-corrected chi connectivity index (χ1v) is 16.2. The van der Waals surface area contributed by atoms with Crippen LogP contribution in [0.5, 0.6) is 0 Å². The molecule has 0 heterocycles. The number of carbonyl (C=O) groups is 2. The van der Waals surface area contributed by atoms with Crippen LogP contribution in [0, 0.1) is 5.92 Å². The molecule has 0 spiro atoms. The molecule has 41 heavy (non-hydrogen) atoms. The molecular formula is C33H37N2O4SSe. The van der Waals surface area contributed by atoms with Gasteiger partial charge in [-0.15, -0.1) is 0 Å². The van der Waals surface area contributed by atoms with Gasteiger partial charge in [-0.1, -0.05) is 0 Å². The molecule has 0 saturated heterocycles. The topological polar surface area (TPSA) is 77.0 Å². The van der Waals surface area contributed by atoms with E-state index in [1.807, 2.05) is 60.9 Å². The van der Waals surface area contributed by atoms with Gasteiger partial charge in [0.15, 0.2) is 0 Å². The van der Waals surface area contributed by atoms with Gasteiger partial charge in [-0.05, 0) is 0 Å². The van der Waals surface area contributed by atoms with Crippen molar-refractivity contribution >= 4 is 44.4 Å². The Morgan fingerprint density at radius 1 is 0.927 bits per heavy atom. The first-order valence-electron chi connectivity index (χ1n) is 13.9. The second kappa shape index (κ2) is 15.2. The SMILES string of the molecule is CSCC[C@H](N=C([Se])[C@H](CC(C)C)NC(=O)OCC1c2ccccc2-c2ccccc21)C(=O)OCc1ccccc1. The van der Waals surface area contributed by atoms with Crippen molar-refractivity contribution in [1.82, 2.24) is 5.32 Å². The van der Waals surface area contributed by atoms with Gasteiger partial charge in [0.25, 0.3) is 0 Å². The van der Waals surface area contributed by atoms with Crippen LogP contribution in [0.3, 0.4) is 0 Å². The number of nitrogens with zero attached hydrogens (tertiary/aromatic N) is 1. The average Bonchev–Trinajstić information content (AvgIpc) is 3.30. The summed E-state index contributed by atoms with van der Waals surface area (Å²) in [4.78, 5) is 30.8. The molecule has 1 aliphatic rings. The number of fused-ring (bicyclic) bond motifs is 3. The summed E-state index contributed by atoms with van der Waals surface area (Å²) in [7, 11) is 0. The Labute approximate surface area is 255 Å². The summed E-state index contributed by atoms with van der Waals surface area (Å²) < 4.78 is 12.0. The first kappa shape index (κ1) is 30.9. The number of aliphatic imine (C=N–C) groups is 1. The van der Waals surface area contributed by atoms with E-state index in [9.17, 15) is 9.59 Å². The van der Waals surface area contributed by atoms with Crippen molar-refractivity contribution in [3.05, 3.63) is 95.6 Å². The minimum absolute atomic E-state index is 0.0201. The van der Waals surface area contributed by atoms with Gasteiger partial charge in [0.2, 0.25) is 0 Å². The van der Waals surface area contributed by atoms with Gasteiger partial charge >= 0.3 is 256 Å². The van der Waals surface area contributed by atoms with Crippen LogP contribution in [0.15, 0.2) is 83.9 Å². The van der Waals surface area contributed by atoms with Crippen molar-refractivity contribution in [2.75, 3.05) is 18.6 Å². The molecule has 1 aliphatic carbocycles. The van der Waals surface area contributed by atoms with Crippen LogP contribution in [0.4, 0.5) is 4.79 Å². The van der Waals surface area contributed by atoms with E-state index in [0.29, 0.717) is 17.5 Å². The Morgan fingerprint density at radius 3 is 2.15 bits per heavy atom. The summed E-state index contributed by atoms with van der Waals surface area (Å²) in [5, 5.41) is 3.00. The van der Waals surface area contributed by atoms with Crippen molar-refractivity contribution in [1.29, 1.82) is 0 Å². The zero-order valence-corrected chi connectivity index (χ0v) is 26.3. The fraction of sp³-hybridized carbons (Fsp3) is 0.364. The van der Waals surface area contributed by atoms with E-state index in [4.69, 9.17) is 14.5 Å². The zero-order chi connectivity index (χ0) is 29.2. The van der Waals surface area contributed by atoms with Gasteiger partial charge in [-0.2, -0.15) is 0 Å². The number of esters is 1. The molecule has 1 amide bonds. The molecule has 0 unspecified atom stereocenters. The molecule has 1 radical (unpaired) electrons. The van der Waals surface area contributed by atoms with Gasteiger partial charge in [0, 0.05) is 0 Å². The Kier molecular flexibility index (Phi) is 11.5. The normalized spacial score (nSPS) is 14.2. The zero-order valence-electron chi connectivity index (χ0n) is 23.7. The number of alkyl carbamates (subject to hydrolysis) is 1. The van der Waals surface area contributed by atoms with Crippen LogP contribution >= 0.6 is 11.8 Å². The van der Waals surface area contributed by atoms with Crippen LogP contribution in [0.1, 0.15) is 49.3 Å². The monoisotopic (exact) mass is 637 g/mol. The number of nitrogens with one attached hydrogen (secondary N) is 1. The van der Waals surface area contributed by atoms with E-state index in [2.05, 4.69) is 59.4 Å². The Morgan fingerprint density at radius 2 is 1.54 bits per heavy atom. The van der Waals surface area contributed by atoms with Gasteiger partial charge in [-0.3, -0.25) is 0 Å². The second-order valence-electron chi connectivity index (χ2n) is 10.5. The third-order valence-electron chi connectivity index (χ3n) is 7.02. The molecule has 1 N–H and O–H groups in total. The number of hydrogen-bond donors (Lipinski definition) is 1. The maximum atomic E-state index is 13.1. The predicted molar refractivity (Wildman–Crippen MR) is 168 cm³/mol. The molecule has 0 saturated carbocycles. The molecule has 0 aromatic heterocycles. The number of benzene rings is 3. The minimum atomic E-state index is -0.665. The fourth-order valence-corrected chi connectivity index (χ4v) is 6.06. The molecule has 215 valence electrons. The van der Waals surface area contributed by atoms with Gasteiger partial charge in [-0.25, -0.2) is 0 Å². The number of rotatable bonds is 13. The van der Waals surface area contributed by atoms with E-state index in [1.54, 1.807) is 11.8 Å². The van der Waals surface area contributed by atoms with Crippen molar-refractivity contribution < 1.29 is 19.1 Å². The van der Waals surface area contributed by atoms with E-state index in [-0.39, 0.29) is 31.0 Å². The van der Waals surface area contributed by atoms with Crippen LogP contribution in [0.2, 0.25) is 0 Å². The number of thioether (sulfide) groups is 1. The van der Waals surface area contributed by atoms with Crippen LogP contribution in [-0.4, -0.2) is 63.4 Å². The summed E-state index contributed by atoms with van der Waals surface area (Å²) in [6.07, 6.45) is 2.67. The number of carbonyl (C=O) groups excluding carboxylic acids is 2. The Balaban J connectivity index is 1.42. The third kappa shape index (κ3) is 8.48. The Bertz CT molecular complexity index is 1300. The molecule has 4 rings (SSSR count). The molecule has 6 nitrogen and oxygen atoms in total. The van der Waals surface area contributed by atoms with Crippen LogP contribution in [0.25, 0.3) is 11.1 Å². The quantitative estimate of drug-likeness (QED) is 0.134. The van der Waals surface area contributed by atoms with E-state index < -0.39 is 18.2 Å². The molecule has 3 aromatic carbocycles. The van der Waals surface area contributed by atoms with Crippen LogP contribution < -0.4 is 5.32 Å². The maximum absolute atomic E-state index is 13.1. The summed E-state index contributed by atoms with van der Waals surface area (Å²) in [6.45, 7) is 4.59. The summed E-state index contributed by atoms with van der Waals surface area (Å²) in [5.74, 6) is 0.645. The standard InChI is InChI=1S/C33H37N2O4SSe/c1-22(2)19-30(31(41)34-29(17-18-40-3)32(36)38-20-23-11-5-4-6-12-23)35-33(37)39-21-28-26-15-9-7-13-24(26)25-14-8-10-16-27(25)28/h4-16,22,28-30H,17-21H2,1-3H3,(H,35,37)/t29-,30-/m0/s1.